The fraction of sp³-hybridized carbons (Fsp3) is 0.400. The third kappa shape index (κ3) is 2.55. The molecule has 0 aliphatic carbocycles. The summed E-state index contributed by atoms with van der Waals surface area (Å²) < 4.78 is 5.31. The smallest absolute Gasteiger partial charge is 0.134 e. The van der Waals surface area contributed by atoms with Crippen molar-refractivity contribution in [3.05, 3.63) is 36.1 Å². The van der Waals surface area contributed by atoms with E-state index in [1.807, 2.05) is 24.3 Å². The second kappa shape index (κ2) is 5.70. The van der Waals surface area contributed by atoms with Gasteiger partial charge in [0.05, 0.1) is 24.4 Å². The Morgan fingerprint density at radius 2 is 2.22 bits per heavy atom. The second-order valence-corrected chi connectivity index (χ2v) is 4.54. The molecule has 0 aliphatic rings. The lowest BCUT2D eigenvalue weighted by Crippen LogP contribution is -2.10. The number of aliphatic hydroxyl groups excluding tert-OH is 1. The van der Waals surface area contributed by atoms with E-state index in [4.69, 9.17) is 9.68 Å². The maximum absolute atomic E-state index is 10.2. The van der Waals surface area contributed by atoms with E-state index in [0.29, 0.717) is 0 Å². The van der Waals surface area contributed by atoms with Crippen molar-refractivity contribution >= 4 is 11.0 Å². The lowest BCUT2D eigenvalue weighted by molar-refractivity contribution is 0.129. The van der Waals surface area contributed by atoms with Gasteiger partial charge < -0.3 is 9.52 Å². The molecule has 0 saturated carbocycles. The van der Waals surface area contributed by atoms with Crippen LogP contribution in [0.5, 0.6) is 0 Å². The maximum Gasteiger partial charge on any atom is 0.134 e. The van der Waals surface area contributed by atoms with Crippen LogP contribution in [0.15, 0.2) is 34.9 Å². The molecule has 3 heteroatoms. The van der Waals surface area contributed by atoms with Gasteiger partial charge in [0.15, 0.2) is 0 Å². The normalized spacial score (nSPS) is 14.3. The van der Waals surface area contributed by atoms with E-state index >= 15 is 0 Å². The first-order valence-corrected chi connectivity index (χ1v) is 6.31. The lowest BCUT2D eigenvalue weighted by atomic mass is 9.92. The van der Waals surface area contributed by atoms with Crippen LogP contribution in [0, 0.1) is 17.2 Å². The molecule has 1 aromatic carbocycles. The fourth-order valence-corrected chi connectivity index (χ4v) is 2.10. The molecule has 2 atom stereocenters. The summed E-state index contributed by atoms with van der Waals surface area (Å²) in [4.78, 5) is 0. The van der Waals surface area contributed by atoms with E-state index < -0.39 is 6.10 Å². The van der Waals surface area contributed by atoms with Gasteiger partial charge in [-0.25, -0.2) is 0 Å². The van der Waals surface area contributed by atoms with Crippen LogP contribution in [-0.2, 0) is 0 Å². The molecule has 0 bridgehead atoms. The van der Waals surface area contributed by atoms with Crippen LogP contribution in [-0.4, -0.2) is 5.11 Å². The van der Waals surface area contributed by atoms with E-state index in [9.17, 15) is 5.11 Å². The van der Waals surface area contributed by atoms with Gasteiger partial charge in [-0.2, -0.15) is 5.26 Å². The molecule has 0 saturated heterocycles. The van der Waals surface area contributed by atoms with Crippen molar-refractivity contribution in [2.45, 2.75) is 32.3 Å². The molecule has 0 amide bonds. The van der Waals surface area contributed by atoms with Crippen molar-refractivity contribution in [2.24, 2.45) is 5.92 Å². The lowest BCUT2D eigenvalue weighted by Gasteiger charge is -2.16. The number of hydrogen-bond donors (Lipinski definition) is 1. The number of benzene rings is 1. The number of fused-ring (bicyclic) bond motifs is 1. The topological polar surface area (TPSA) is 57.2 Å². The maximum atomic E-state index is 10.2. The van der Waals surface area contributed by atoms with Gasteiger partial charge in [-0.1, -0.05) is 31.9 Å². The molecule has 0 fully saturated rings. The van der Waals surface area contributed by atoms with E-state index in [1.165, 1.54) is 0 Å². The molecule has 3 nitrogen and oxygen atoms in total. The van der Waals surface area contributed by atoms with Crippen molar-refractivity contribution in [2.75, 3.05) is 0 Å². The molecule has 2 aromatic rings. The summed E-state index contributed by atoms with van der Waals surface area (Å²) in [5, 5.41) is 20.4. The molecule has 94 valence electrons. The quantitative estimate of drug-likeness (QED) is 0.869. The Balaban J connectivity index is 2.20. The molecule has 0 aliphatic heterocycles. The van der Waals surface area contributed by atoms with Crippen LogP contribution in [0.25, 0.3) is 11.0 Å². The summed E-state index contributed by atoms with van der Waals surface area (Å²) in [6.45, 7) is 2.08. The van der Waals surface area contributed by atoms with Gasteiger partial charge in [0, 0.05) is 5.39 Å². The number of rotatable bonds is 5. The van der Waals surface area contributed by atoms with Crippen molar-refractivity contribution in [1.82, 2.24) is 0 Å². The highest BCUT2D eigenvalue weighted by Crippen LogP contribution is 2.28. The van der Waals surface area contributed by atoms with Gasteiger partial charge in [0.1, 0.15) is 5.58 Å². The average molecular weight is 243 g/mol. The van der Waals surface area contributed by atoms with Crippen molar-refractivity contribution < 1.29 is 9.52 Å². The molecule has 2 unspecified atom stereocenters. The number of hydrogen-bond acceptors (Lipinski definition) is 3. The van der Waals surface area contributed by atoms with Crippen LogP contribution in [0.2, 0.25) is 0 Å². The SMILES string of the molecule is CCCCC(C#N)C(O)c1ccc2ccoc2c1. The second-order valence-electron chi connectivity index (χ2n) is 4.54. The summed E-state index contributed by atoms with van der Waals surface area (Å²) in [5.41, 5.74) is 1.50. The molecule has 1 N–H and O–H groups in total. The zero-order valence-electron chi connectivity index (χ0n) is 10.5. The van der Waals surface area contributed by atoms with E-state index in [0.717, 1.165) is 35.8 Å². The monoisotopic (exact) mass is 243 g/mol. The minimum atomic E-state index is -0.740. The van der Waals surface area contributed by atoms with Crippen molar-refractivity contribution in [3.8, 4) is 6.07 Å². The first-order chi connectivity index (χ1) is 8.76. The van der Waals surface area contributed by atoms with Gasteiger partial charge in [-0.05, 0) is 24.1 Å². The van der Waals surface area contributed by atoms with Crippen LogP contribution < -0.4 is 0 Å². The Morgan fingerprint density at radius 3 is 2.94 bits per heavy atom. The predicted octanol–water partition coefficient (Wildman–Crippen LogP) is 3.80. The average Bonchev–Trinajstić information content (AvgIpc) is 2.86. The molecule has 0 spiro atoms. The first kappa shape index (κ1) is 12.7. The Bertz CT molecular complexity index is 553. The van der Waals surface area contributed by atoms with Crippen molar-refractivity contribution in [3.63, 3.8) is 0 Å². The summed E-state index contributed by atoms with van der Waals surface area (Å²) in [5.74, 6) is -0.350. The molecular formula is C15H17NO2. The van der Waals surface area contributed by atoms with Crippen LogP contribution >= 0.6 is 0 Å². The number of furan rings is 1. The third-order valence-corrected chi connectivity index (χ3v) is 3.24. The van der Waals surface area contributed by atoms with Crippen LogP contribution in [0.3, 0.4) is 0 Å². The van der Waals surface area contributed by atoms with E-state index in [1.54, 1.807) is 6.26 Å². The van der Waals surface area contributed by atoms with Crippen LogP contribution in [0.1, 0.15) is 37.9 Å². The minimum absolute atomic E-state index is 0.350. The Morgan fingerprint density at radius 1 is 1.39 bits per heavy atom. The number of aliphatic hydroxyl groups is 1. The van der Waals surface area contributed by atoms with Crippen LogP contribution in [0.4, 0.5) is 0 Å². The highest BCUT2D eigenvalue weighted by molar-refractivity contribution is 5.77. The molecule has 1 aromatic heterocycles. The van der Waals surface area contributed by atoms with Gasteiger partial charge in [-0.15, -0.1) is 0 Å². The largest absolute Gasteiger partial charge is 0.464 e. The van der Waals surface area contributed by atoms with Gasteiger partial charge in [0.25, 0.3) is 0 Å². The Hall–Kier alpha value is -1.79. The highest BCUT2D eigenvalue weighted by Gasteiger charge is 2.20. The molecule has 0 radical (unpaired) electrons. The molecule has 18 heavy (non-hydrogen) atoms. The predicted molar refractivity (Wildman–Crippen MR) is 69.8 cm³/mol. The number of unbranched alkanes of at least 4 members (excludes halogenated alkanes) is 1. The first-order valence-electron chi connectivity index (χ1n) is 6.31. The summed E-state index contributed by atoms with van der Waals surface area (Å²) in [7, 11) is 0. The standard InChI is InChI=1S/C15H17NO2/c1-2-3-4-13(10-16)15(17)12-6-5-11-7-8-18-14(11)9-12/h5-9,13,15,17H,2-4H2,1H3. The van der Waals surface area contributed by atoms with Gasteiger partial charge in [0.2, 0.25) is 0 Å². The summed E-state index contributed by atoms with van der Waals surface area (Å²) in [6, 6.07) is 9.66. The fourth-order valence-electron chi connectivity index (χ4n) is 2.10. The summed E-state index contributed by atoms with van der Waals surface area (Å²) in [6.07, 6.45) is 3.60. The van der Waals surface area contributed by atoms with E-state index in [-0.39, 0.29) is 5.92 Å². The Kier molecular flexibility index (Phi) is 4.01. The molecule has 2 rings (SSSR count). The van der Waals surface area contributed by atoms with Gasteiger partial charge >= 0.3 is 0 Å². The van der Waals surface area contributed by atoms with Gasteiger partial charge in [-0.3, -0.25) is 0 Å². The zero-order valence-corrected chi connectivity index (χ0v) is 10.5. The summed E-state index contributed by atoms with van der Waals surface area (Å²) >= 11 is 0. The molecular weight excluding hydrogens is 226 g/mol. The Labute approximate surface area is 107 Å². The minimum Gasteiger partial charge on any atom is -0.464 e. The number of nitriles is 1. The van der Waals surface area contributed by atoms with E-state index in [2.05, 4.69) is 13.0 Å². The number of nitrogens with zero attached hydrogens (tertiary/aromatic N) is 1. The third-order valence-electron chi connectivity index (χ3n) is 3.24. The molecule has 1 heterocycles. The highest BCUT2D eigenvalue weighted by atomic mass is 16.3. The van der Waals surface area contributed by atoms with Crippen molar-refractivity contribution in [1.29, 1.82) is 5.26 Å². The zero-order chi connectivity index (χ0) is 13.0.